The summed E-state index contributed by atoms with van der Waals surface area (Å²) in [5.74, 6) is 0. The zero-order valence-corrected chi connectivity index (χ0v) is 12.7. The van der Waals surface area contributed by atoms with Gasteiger partial charge in [-0.2, -0.15) is 0 Å². The van der Waals surface area contributed by atoms with Crippen LogP contribution >= 0.6 is 0 Å². The third kappa shape index (κ3) is 4.28. The molecule has 0 saturated carbocycles. The molecule has 3 heteroatoms. The third-order valence-electron chi connectivity index (χ3n) is 3.75. The highest BCUT2D eigenvalue weighted by Gasteiger charge is 2.26. The van der Waals surface area contributed by atoms with Crippen LogP contribution in [0.3, 0.4) is 0 Å². The van der Waals surface area contributed by atoms with Gasteiger partial charge in [0.05, 0.1) is 18.8 Å². The van der Waals surface area contributed by atoms with Crippen LogP contribution in [0.2, 0.25) is 0 Å². The number of aliphatic hydroxyl groups is 2. The van der Waals surface area contributed by atoms with E-state index in [0.717, 1.165) is 11.1 Å². The van der Waals surface area contributed by atoms with Gasteiger partial charge in [0.25, 0.3) is 0 Å². The van der Waals surface area contributed by atoms with Crippen LogP contribution in [0, 0.1) is 0 Å². The van der Waals surface area contributed by atoms with E-state index in [-0.39, 0.29) is 12.6 Å². The fourth-order valence-electron chi connectivity index (χ4n) is 2.59. The first-order chi connectivity index (χ1) is 10.8. The number of aliphatic hydroxyl groups excluding tert-OH is 2. The van der Waals surface area contributed by atoms with Crippen LogP contribution in [0.15, 0.2) is 73.3 Å². The zero-order valence-electron chi connectivity index (χ0n) is 12.7. The number of hydrogen-bond acceptors (Lipinski definition) is 3. The highest BCUT2D eigenvalue weighted by atomic mass is 16.3. The van der Waals surface area contributed by atoms with Gasteiger partial charge in [-0.15, -0.1) is 6.58 Å². The lowest BCUT2D eigenvalue weighted by Gasteiger charge is -2.33. The molecule has 0 bridgehead atoms. The summed E-state index contributed by atoms with van der Waals surface area (Å²) in [7, 11) is 0. The Morgan fingerprint density at radius 1 is 1.00 bits per heavy atom. The van der Waals surface area contributed by atoms with Crippen LogP contribution in [0.5, 0.6) is 0 Å². The smallest absolute Gasteiger partial charge is 0.0967 e. The summed E-state index contributed by atoms with van der Waals surface area (Å²) in [4.78, 5) is 2.04. The van der Waals surface area contributed by atoms with E-state index >= 15 is 0 Å². The second kappa shape index (κ2) is 8.49. The van der Waals surface area contributed by atoms with Gasteiger partial charge in [0.2, 0.25) is 0 Å². The van der Waals surface area contributed by atoms with Crippen molar-refractivity contribution in [3.63, 3.8) is 0 Å². The minimum absolute atomic E-state index is 0.114. The van der Waals surface area contributed by atoms with E-state index in [2.05, 4.69) is 6.58 Å². The van der Waals surface area contributed by atoms with Crippen LogP contribution in [0.25, 0.3) is 0 Å². The molecular formula is C19H23NO2. The van der Waals surface area contributed by atoms with Crippen LogP contribution in [-0.4, -0.2) is 34.3 Å². The molecule has 0 radical (unpaired) electrons. The van der Waals surface area contributed by atoms with E-state index in [4.69, 9.17) is 0 Å². The lowest BCUT2D eigenvalue weighted by Crippen LogP contribution is -2.42. The van der Waals surface area contributed by atoms with Gasteiger partial charge >= 0.3 is 0 Å². The summed E-state index contributed by atoms with van der Waals surface area (Å²) in [6.07, 6.45) is 1.05. The first-order valence-corrected chi connectivity index (χ1v) is 7.49. The summed E-state index contributed by atoms with van der Waals surface area (Å²) < 4.78 is 0. The molecular weight excluding hydrogens is 274 g/mol. The fraction of sp³-hybridized carbons (Fsp3) is 0.263. The van der Waals surface area contributed by atoms with E-state index in [1.807, 2.05) is 65.6 Å². The van der Waals surface area contributed by atoms with Gasteiger partial charge in [-0.3, -0.25) is 4.90 Å². The number of rotatable bonds is 8. The van der Waals surface area contributed by atoms with Crippen LogP contribution < -0.4 is 0 Å². The Morgan fingerprint density at radius 2 is 1.59 bits per heavy atom. The third-order valence-corrected chi connectivity index (χ3v) is 3.75. The summed E-state index contributed by atoms with van der Waals surface area (Å²) in [6.45, 7) is 4.93. The Morgan fingerprint density at radius 3 is 2.14 bits per heavy atom. The number of hydrogen-bond donors (Lipinski definition) is 2. The van der Waals surface area contributed by atoms with E-state index in [0.29, 0.717) is 13.1 Å². The van der Waals surface area contributed by atoms with Crippen LogP contribution in [0.1, 0.15) is 17.2 Å². The molecule has 2 aromatic carbocycles. The van der Waals surface area contributed by atoms with Crippen molar-refractivity contribution in [3.8, 4) is 0 Å². The Balaban J connectivity index is 2.18. The van der Waals surface area contributed by atoms with Crippen molar-refractivity contribution in [2.24, 2.45) is 0 Å². The normalized spacial score (nSPS) is 13.8. The van der Waals surface area contributed by atoms with Crippen molar-refractivity contribution in [1.29, 1.82) is 0 Å². The largest absolute Gasteiger partial charge is 0.395 e. The number of nitrogens with zero attached hydrogens (tertiary/aromatic N) is 1. The molecule has 0 unspecified atom stereocenters. The first-order valence-electron chi connectivity index (χ1n) is 7.49. The Bertz CT molecular complexity index is 556. The maximum Gasteiger partial charge on any atom is 0.0967 e. The van der Waals surface area contributed by atoms with E-state index in [1.54, 1.807) is 6.08 Å². The minimum atomic E-state index is -0.741. The van der Waals surface area contributed by atoms with Crippen molar-refractivity contribution in [3.05, 3.63) is 84.4 Å². The highest BCUT2D eigenvalue weighted by Crippen LogP contribution is 2.22. The average Bonchev–Trinajstić information content (AvgIpc) is 2.57. The Kier molecular flexibility index (Phi) is 6.34. The van der Waals surface area contributed by atoms with Gasteiger partial charge in [-0.1, -0.05) is 66.7 Å². The molecule has 0 saturated heterocycles. The zero-order chi connectivity index (χ0) is 15.8. The molecule has 0 aliphatic heterocycles. The topological polar surface area (TPSA) is 43.7 Å². The van der Waals surface area contributed by atoms with Gasteiger partial charge in [-0.05, 0) is 11.1 Å². The Hall–Kier alpha value is -1.94. The van der Waals surface area contributed by atoms with Gasteiger partial charge in [0.15, 0.2) is 0 Å². The summed E-state index contributed by atoms with van der Waals surface area (Å²) in [6, 6.07) is 19.1. The quantitative estimate of drug-likeness (QED) is 0.736. The molecule has 0 aliphatic carbocycles. The maximum atomic E-state index is 10.6. The van der Waals surface area contributed by atoms with E-state index in [1.165, 1.54) is 0 Å². The molecule has 2 aromatic rings. The monoisotopic (exact) mass is 297 g/mol. The summed E-state index contributed by atoms with van der Waals surface area (Å²) in [5, 5.41) is 20.4. The molecule has 0 amide bonds. The highest BCUT2D eigenvalue weighted by molar-refractivity contribution is 5.20. The SMILES string of the molecule is C=CCN(Cc1ccccc1)[C@@H](CO)[C@@H](O)c1ccccc1. The Labute approximate surface area is 132 Å². The summed E-state index contributed by atoms with van der Waals surface area (Å²) >= 11 is 0. The molecule has 0 fully saturated rings. The van der Waals surface area contributed by atoms with Crippen molar-refractivity contribution in [2.75, 3.05) is 13.2 Å². The first kappa shape index (κ1) is 16.4. The molecule has 22 heavy (non-hydrogen) atoms. The van der Waals surface area contributed by atoms with Crippen LogP contribution in [-0.2, 0) is 6.54 Å². The lowest BCUT2D eigenvalue weighted by molar-refractivity contribution is 0.0161. The van der Waals surface area contributed by atoms with Gasteiger partial charge < -0.3 is 10.2 Å². The molecule has 116 valence electrons. The predicted molar refractivity (Wildman–Crippen MR) is 89.3 cm³/mol. The molecule has 0 spiro atoms. The van der Waals surface area contributed by atoms with Gasteiger partial charge in [0, 0.05) is 13.1 Å². The van der Waals surface area contributed by atoms with Crippen molar-refractivity contribution < 1.29 is 10.2 Å². The van der Waals surface area contributed by atoms with Gasteiger partial charge in [0.1, 0.15) is 0 Å². The van der Waals surface area contributed by atoms with Crippen molar-refractivity contribution in [2.45, 2.75) is 18.7 Å². The maximum absolute atomic E-state index is 10.6. The molecule has 0 heterocycles. The lowest BCUT2D eigenvalue weighted by atomic mass is 10.0. The molecule has 2 rings (SSSR count). The molecule has 2 N–H and O–H groups in total. The van der Waals surface area contributed by atoms with Crippen LogP contribution in [0.4, 0.5) is 0 Å². The predicted octanol–water partition coefficient (Wildman–Crippen LogP) is 2.77. The van der Waals surface area contributed by atoms with E-state index < -0.39 is 6.10 Å². The van der Waals surface area contributed by atoms with Crippen molar-refractivity contribution >= 4 is 0 Å². The number of benzene rings is 2. The fourth-order valence-corrected chi connectivity index (χ4v) is 2.59. The van der Waals surface area contributed by atoms with Gasteiger partial charge in [-0.25, -0.2) is 0 Å². The average molecular weight is 297 g/mol. The minimum Gasteiger partial charge on any atom is -0.395 e. The van der Waals surface area contributed by atoms with Crippen molar-refractivity contribution in [1.82, 2.24) is 4.90 Å². The molecule has 3 nitrogen and oxygen atoms in total. The van der Waals surface area contributed by atoms with E-state index in [9.17, 15) is 10.2 Å². The standard InChI is InChI=1S/C19H23NO2/c1-2-13-20(14-16-9-5-3-6-10-16)18(15-21)19(22)17-11-7-4-8-12-17/h2-12,18-19,21-22H,1,13-15H2/t18-,19-/m0/s1. The molecule has 0 aromatic heterocycles. The molecule has 0 aliphatic rings. The second-order valence-corrected chi connectivity index (χ2v) is 5.31. The summed E-state index contributed by atoms with van der Waals surface area (Å²) in [5.41, 5.74) is 1.95. The molecule has 2 atom stereocenters. The second-order valence-electron chi connectivity index (χ2n) is 5.31.